The van der Waals surface area contributed by atoms with Gasteiger partial charge >= 0.3 is 0 Å². The summed E-state index contributed by atoms with van der Waals surface area (Å²) in [4.78, 5) is 15.3. The van der Waals surface area contributed by atoms with Crippen LogP contribution in [0, 0.1) is 5.92 Å². The SMILES string of the molecule is O=C(C[C@@H]1CC2(CCN(CC3CCOCC3)CC2)c2ccccc21)NC1CCC1. The normalized spacial score (nSPS) is 27.5. The monoisotopic (exact) mass is 396 g/mol. The van der Waals surface area contributed by atoms with Gasteiger partial charge in [-0.05, 0) is 92.8 Å². The maximum Gasteiger partial charge on any atom is 0.220 e. The Morgan fingerprint density at radius 2 is 1.86 bits per heavy atom. The number of rotatable bonds is 5. The van der Waals surface area contributed by atoms with Crippen LogP contribution in [0.4, 0.5) is 0 Å². The summed E-state index contributed by atoms with van der Waals surface area (Å²) in [5, 5.41) is 3.26. The molecule has 0 bridgehead atoms. The van der Waals surface area contributed by atoms with E-state index in [0.717, 1.165) is 25.6 Å². The third-order valence-corrected chi connectivity index (χ3v) is 8.18. The number of likely N-dealkylation sites (tertiary alicyclic amines) is 1. The predicted molar refractivity (Wildman–Crippen MR) is 115 cm³/mol. The number of carbonyl (C=O) groups excluding carboxylic acids is 1. The van der Waals surface area contributed by atoms with E-state index in [9.17, 15) is 4.79 Å². The van der Waals surface area contributed by atoms with Gasteiger partial charge < -0.3 is 15.0 Å². The van der Waals surface area contributed by atoms with E-state index in [-0.39, 0.29) is 5.91 Å². The highest BCUT2D eigenvalue weighted by molar-refractivity contribution is 5.77. The van der Waals surface area contributed by atoms with Gasteiger partial charge in [0.15, 0.2) is 0 Å². The topological polar surface area (TPSA) is 41.6 Å². The predicted octanol–water partition coefficient (Wildman–Crippen LogP) is 3.99. The van der Waals surface area contributed by atoms with Crippen LogP contribution in [-0.4, -0.2) is 49.7 Å². The summed E-state index contributed by atoms with van der Waals surface area (Å²) in [6.07, 6.45) is 10.4. The summed E-state index contributed by atoms with van der Waals surface area (Å²) < 4.78 is 5.53. The first kappa shape index (κ1) is 19.6. The van der Waals surface area contributed by atoms with Crippen molar-refractivity contribution in [3.8, 4) is 0 Å². The van der Waals surface area contributed by atoms with Crippen LogP contribution in [0.5, 0.6) is 0 Å². The van der Waals surface area contributed by atoms with E-state index in [1.807, 2.05) is 0 Å². The molecule has 0 aromatic heterocycles. The van der Waals surface area contributed by atoms with Crippen LogP contribution >= 0.6 is 0 Å². The molecular weight excluding hydrogens is 360 g/mol. The summed E-state index contributed by atoms with van der Waals surface area (Å²) >= 11 is 0. The van der Waals surface area contributed by atoms with Gasteiger partial charge in [-0.1, -0.05) is 24.3 Å². The standard InChI is InChI=1S/C25H36N2O2/c28-24(26-21-4-3-5-21)16-20-17-25(23-7-2-1-6-22(20)23)10-12-27(13-11-25)18-19-8-14-29-15-9-19/h1-2,6-7,19-21H,3-5,8-18H2,(H,26,28)/t20-/m1/s1. The van der Waals surface area contributed by atoms with E-state index in [2.05, 4.69) is 34.5 Å². The molecule has 4 nitrogen and oxygen atoms in total. The summed E-state index contributed by atoms with van der Waals surface area (Å²) in [6.45, 7) is 5.54. The largest absolute Gasteiger partial charge is 0.381 e. The van der Waals surface area contributed by atoms with Gasteiger partial charge in [0.2, 0.25) is 5.91 Å². The van der Waals surface area contributed by atoms with Crippen molar-refractivity contribution in [1.29, 1.82) is 0 Å². The number of amides is 1. The molecule has 1 aromatic rings. The third kappa shape index (κ3) is 4.11. The zero-order chi connectivity index (χ0) is 19.7. The first-order valence-corrected chi connectivity index (χ1v) is 11.9. The van der Waals surface area contributed by atoms with E-state index in [1.54, 1.807) is 5.56 Å². The molecule has 4 heteroatoms. The molecule has 5 rings (SSSR count). The zero-order valence-electron chi connectivity index (χ0n) is 17.7. The molecule has 1 spiro atoms. The van der Waals surface area contributed by atoms with Gasteiger partial charge in [0.1, 0.15) is 0 Å². The van der Waals surface area contributed by atoms with Crippen LogP contribution in [0.1, 0.15) is 74.8 Å². The Bertz CT molecular complexity index is 715. The second-order valence-corrected chi connectivity index (χ2v) is 10.0. The number of carbonyl (C=O) groups is 1. The summed E-state index contributed by atoms with van der Waals surface area (Å²) in [7, 11) is 0. The lowest BCUT2D eigenvalue weighted by Gasteiger charge is -2.42. The molecule has 2 aliphatic carbocycles. The molecule has 0 unspecified atom stereocenters. The van der Waals surface area contributed by atoms with E-state index in [1.165, 1.54) is 70.1 Å². The minimum atomic E-state index is 0.267. The average molecular weight is 397 g/mol. The molecule has 1 saturated carbocycles. The Morgan fingerprint density at radius 1 is 1.10 bits per heavy atom. The number of benzene rings is 1. The molecule has 2 saturated heterocycles. The van der Waals surface area contributed by atoms with Crippen LogP contribution in [-0.2, 0) is 14.9 Å². The summed E-state index contributed by atoms with van der Waals surface area (Å²) in [5.41, 5.74) is 3.30. The lowest BCUT2D eigenvalue weighted by atomic mass is 9.73. The van der Waals surface area contributed by atoms with Crippen molar-refractivity contribution in [1.82, 2.24) is 10.2 Å². The molecule has 1 amide bonds. The van der Waals surface area contributed by atoms with Crippen molar-refractivity contribution in [2.75, 3.05) is 32.8 Å². The Hall–Kier alpha value is -1.39. The second kappa shape index (κ2) is 8.39. The van der Waals surface area contributed by atoms with Crippen LogP contribution < -0.4 is 5.32 Å². The van der Waals surface area contributed by atoms with Gasteiger partial charge in [0.25, 0.3) is 0 Å². The molecule has 4 aliphatic rings. The number of hydrogen-bond donors (Lipinski definition) is 1. The highest BCUT2D eigenvalue weighted by Crippen LogP contribution is 2.52. The van der Waals surface area contributed by atoms with Crippen LogP contribution in [0.2, 0.25) is 0 Å². The molecule has 29 heavy (non-hydrogen) atoms. The van der Waals surface area contributed by atoms with Gasteiger partial charge in [-0.3, -0.25) is 4.79 Å². The number of nitrogens with zero attached hydrogens (tertiary/aromatic N) is 1. The maximum absolute atomic E-state index is 12.6. The molecule has 1 atom stereocenters. The van der Waals surface area contributed by atoms with Crippen molar-refractivity contribution in [2.45, 2.75) is 75.2 Å². The first-order valence-electron chi connectivity index (χ1n) is 11.9. The number of nitrogens with one attached hydrogen (secondary N) is 1. The quantitative estimate of drug-likeness (QED) is 0.818. The lowest BCUT2D eigenvalue weighted by Crippen LogP contribution is -2.44. The van der Waals surface area contributed by atoms with Crippen molar-refractivity contribution >= 4 is 5.91 Å². The van der Waals surface area contributed by atoms with Crippen molar-refractivity contribution in [3.05, 3.63) is 35.4 Å². The Balaban J connectivity index is 1.23. The third-order valence-electron chi connectivity index (χ3n) is 8.18. The fraction of sp³-hybridized carbons (Fsp3) is 0.720. The van der Waals surface area contributed by atoms with Gasteiger partial charge in [-0.15, -0.1) is 0 Å². The van der Waals surface area contributed by atoms with Crippen molar-refractivity contribution < 1.29 is 9.53 Å². The minimum Gasteiger partial charge on any atom is -0.381 e. The lowest BCUT2D eigenvalue weighted by molar-refractivity contribution is -0.122. The average Bonchev–Trinajstić information content (AvgIpc) is 3.01. The molecule has 1 aromatic carbocycles. The minimum absolute atomic E-state index is 0.267. The van der Waals surface area contributed by atoms with Gasteiger partial charge in [0.05, 0.1) is 0 Å². The highest BCUT2D eigenvalue weighted by atomic mass is 16.5. The van der Waals surface area contributed by atoms with Gasteiger partial charge in [-0.25, -0.2) is 0 Å². The van der Waals surface area contributed by atoms with E-state index < -0.39 is 0 Å². The van der Waals surface area contributed by atoms with Crippen molar-refractivity contribution in [3.63, 3.8) is 0 Å². The highest BCUT2D eigenvalue weighted by Gasteiger charge is 2.45. The summed E-state index contributed by atoms with van der Waals surface area (Å²) in [6, 6.07) is 9.45. The second-order valence-electron chi connectivity index (χ2n) is 10.0. The van der Waals surface area contributed by atoms with E-state index >= 15 is 0 Å². The van der Waals surface area contributed by atoms with Crippen molar-refractivity contribution in [2.24, 2.45) is 5.92 Å². The Kier molecular flexibility index (Phi) is 5.66. The van der Waals surface area contributed by atoms with E-state index in [0.29, 0.717) is 23.8 Å². The summed E-state index contributed by atoms with van der Waals surface area (Å²) in [5.74, 6) is 1.48. The fourth-order valence-corrected chi connectivity index (χ4v) is 6.20. The maximum atomic E-state index is 12.6. The molecule has 158 valence electrons. The molecule has 1 N–H and O–H groups in total. The number of piperidine rings is 1. The van der Waals surface area contributed by atoms with E-state index in [4.69, 9.17) is 4.74 Å². The molecule has 2 aliphatic heterocycles. The van der Waals surface area contributed by atoms with Gasteiger partial charge in [-0.2, -0.15) is 0 Å². The van der Waals surface area contributed by atoms with Crippen LogP contribution in [0.15, 0.2) is 24.3 Å². The van der Waals surface area contributed by atoms with Crippen LogP contribution in [0.25, 0.3) is 0 Å². The molecule has 2 heterocycles. The Morgan fingerprint density at radius 3 is 2.59 bits per heavy atom. The smallest absolute Gasteiger partial charge is 0.220 e. The number of hydrogen-bond acceptors (Lipinski definition) is 3. The molecule has 3 fully saturated rings. The number of fused-ring (bicyclic) bond motifs is 2. The van der Waals surface area contributed by atoms with Gasteiger partial charge in [0, 0.05) is 32.2 Å². The fourth-order valence-electron chi connectivity index (χ4n) is 6.20. The van der Waals surface area contributed by atoms with Crippen LogP contribution in [0.3, 0.4) is 0 Å². The zero-order valence-corrected chi connectivity index (χ0v) is 17.7. The first-order chi connectivity index (χ1) is 14.2. The number of ether oxygens (including phenoxy) is 1. The Labute approximate surface area is 175 Å². The molecular formula is C25H36N2O2. The molecule has 0 radical (unpaired) electrons.